The lowest BCUT2D eigenvalue weighted by Gasteiger charge is -2.37. The maximum Gasteiger partial charge on any atom is 0.260 e. The van der Waals surface area contributed by atoms with Gasteiger partial charge in [0.25, 0.3) is 10.0 Å². The first kappa shape index (κ1) is 13.4. The van der Waals surface area contributed by atoms with Crippen molar-refractivity contribution in [3.63, 3.8) is 0 Å². The molecule has 8 heteroatoms. The smallest absolute Gasteiger partial charge is 0.260 e. The highest BCUT2D eigenvalue weighted by molar-refractivity contribution is 7.89. The van der Waals surface area contributed by atoms with Crippen molar-refractivity contribution in [3.05, 3.63) is 12.5 Å². The molecule has 1 aromatic rings. The average molecular weight is 288 g/mol. The molecule has 0 unspecified atom stereocenters. The number of imidazole rings is 1. The van der Waals surface area contributed by atoms with Crippen LogP contribution in [0.3, 0.4) is 0 Å². The van der Waals surface area contributed by atoms with Crippen molar-refractivity contribution in [2.75, 3.05) is 13.1 Å². The molecule has 0 aromatic carbocycles. The molecule has 0 amide bonds. The van der Waals surface area contributed by atoms with Crippen LogP contribution in [0.15, 0.2) is 17.6 Å². The van der Waals surface area contributed by atoms with E-state index >= 15 is 0 Å². The van der Waals surface area contributed by atoms with E-state index in [-0.39, 0.29) is 10.4 Å². The fourth-order valence-electron chi connectivity index (χ4n) is 1.99. The van der Waals surface area contributed by atoms with Crippen molar-refractivity contribution < 1.29 is 8.42 Å². The molecule has 2 rings (SSSR count). The number of nitrogens with one attached hydrogen (secondary N) is 1. The lowest BCUT2D eigenvalue weighted by atomic mass is 9.81. The lowest BCUT2D eigenvalue weighted by molar-refractivity contribution is 0.243. The molecular weight excluding hydrogens is 272 g/mol. The molecule has 18 heavy (non-hydrogen) atoms. The second-order valence-electron chi connectivity index (χ2n) is 4.74. The highest BCUT2D eigenvalue weighted by atomic mass is 32.2. The minimum absolute atomic E-state index is 0.126. The molecule has 0 atom stereocenters. The molecular formula is C10H16N4O2S2. The van der Waals surface area contributed by atoms with E-state index in [9.17, 15) is 8.42 Å². The number of hydrogen-bond acceptors (Lipinski definition) is 4. The maximum atomic E-state index is 12.2. The lowest BCUT2D eigenvalue weighted by Crippen LogP contribution is -2.46. The third-order valence-corrected chi connectivity index (χ3v) is 5.83. The molecule has 0 aliphatic carbocycles. The van der Waals surface area contributed by atoms with E-state index in [4.69, 9.17) is 18.0 Å². The SMILES string of the molecule is CC1(C(N)=S)CCN(S(=O)(=O)c2cnc[nH]2)CC1. The van der Waals surface area contributed by atoms with E-state index in [2.05, 4.69) is 9.97 Å². The number of sulfonamides is 1. The topological polar surface area (TPSA) is 92.1 Å². The summed E-state index contributed by atoms with van der Waals surface area (Å²) < 4.78 is 25.9. The number of piperidine rings is 1. The van der Waals surface area contributed by atoms with Gasteiger partial charge in [0.2, 0.25) is 0 Å². The van der Waals surface area contributed by atoms with E-state index in [1.165, 1.54) is 16.8 Å². The predicted octanol–water partition coefficient (Wildman–Crippen LogP) is 0.487. The van der Waals surface area contributed by atoms with Crippen LogP contribution >= 0.6 is 12.2 Å². The molecule has 1 fully saturated rings. The van der Waals surface area contributed by atoms with E-state index in [0.717, 1.165) is 0 Å². The molecule has 0 saturated carbocycles. The summed E-state index contributed by atoms with van der Waals surface area (Å²) in [5, 5.41) is 0.126. The normalized spacial score (nSPS) is 20.7. The summed E-state index contributed by atoms with van der Waals surface area (Å²) in [5.74, 6) is 0. The second kappa shape index (κ2) is 4.60. The van der Waals surface area contributed by atoms with Gasteiger partial charge in [-0.15, -0.1) is 0 Å². The first-order valence-electron chi connectivity index (χ1n) is 5.65. The Labute approximate surface area is 112 Å². The molecule has 0 bridgehead atoms. The highest BCUT2D eigenvalue weighted by Gasteiger charge is 2.37. The van der Waals surface area contributed by atoms with E-state index < -0.39 is 10.0 Å². The van der Waals surface area contributed by atoms with E-state index in [1.54, 1.807) is 0 Å². The van der Waals surface area contributed by atoms with Crippen molar-refractivity contribution in [1.29, 1.82) is 0 Å². The summed E-state index contributed by atoms with van der Waals surface area (Å²) in [4.78, 5) is 6.82. The van der Waals surface area contributed by atoms with Gasteiger partial charge >= 0.3 is 0 Å². The first-order valence-corrected chi connectivity index (χ1v) is 7.49. The van der Waals surface area contributed by atoms with Crippen LogP contribution in [-0.4, -0.2) is 40.8 Å². The molecule has 2 heterocycles. The Balaban J connectivity index is 2.14. The van der Waals surface area contributed by atoms with Gasteiger partial charge in [-0.25, -0.2) is 13.4 Å². The standard InChI is InChI=1S/C10H16N4O2S2/c1-10(9(11)17)2-4-14(5-3-10)18(15,16)8-6-12-7-13-8/h6-7H,2-5H2,1H3,(H2,11,17)(H,12,13). The number of thiocarbonyl (C=S) groups is 1. The van der Waals surface area contributed by atoms with Crippen LogP contribution in [0.5, 0.6) is 0 Å². The zero-order valence-corrected chi connectivity index (χ0v) is 11.7. The van der Waals surface area contributed by atoms with Crippen molar-refractivity contribution in [1.82, 2.24) is 14.3 Å². The van der Waals surface area contributed by atoms with Crippen LogP contribution < -0.4 is 5.73 Å². The number of rotatable bonds is 3. The second-order valence-corrected chi connectivity index (χ2v) is 7.09. The fraction of sp³-hybridized carbons (Fsp3) is 0.600. The Morgan fingerprint density at radius 1 is 1.56 bits per heavy atom. The zero-order valence-electron chi connectivity index (χ0n) is 10.1. The number of nitrogens with two attached hydrogens (primary N) is 1. The number of aromatic nitrogens is 2. The quantitative estimate of drug-likeness (QED) is 0.790. The molecule has 0 spiro atoms. The van der Waals surface area contributed by atoms with Gasteiger partial charge in [-0.2, -0.15) is 4.31 Å². The summed E-state index contributed by atoms with van der Waals surface area (Å²) in [6.07, 6.45) is 3.97. The van der Waals surface area contributed by atoms with Crippen molar-refractivity contribution >= 4 is 27.2 Å². The van der Waals surface area contributed by atoms with Crippen molar-refractivity contribution in [2.45, 2.75) is 24.8 Å². The molecule has 1 aliphatic heterocycles. The minimum Gasteiger partial charge on any atom is -0.393 e. The van der Waals surface area contributed by atoms with Gasteiger partial charge in [-0.3, -0.25) is 0 Å². The van der Waals surface area contributed by atoms with Crippen molar-refractivity contribution in [3.8, 4) is 0 Å². The molecule has 3 N–H and O–H groups in total. The fourth-order valence-corrected chi connectivity index (χ4v) is 3.53. The zero-order chi connectivity index (χ0) is 13.4. The average Bonchev–Trinajstić information content (AvgIpc) is 2.83. The van der Waals surface area contributed by atoms with Crippen LogP contribution in [0.4, 0.5) is 0 Å². The maximum absolute atomic E-state index is 12.2. The third-order valence-electron chi connectivity index (χ3n) is 3.51. The Morgan fingerprint density at radius 3 is 2.61 bits per heavy atom. The number of nitrogens with zero attached hydrogens (tertiary/aromatic N) is 2. The Hall–Kier alpha value is -0.990. The first-order chi connectivity index (χ1) is 8.36. The van der Waals surface area contributed by atoms with Crippen LogP contribution in [0.2, 0.25) is 0 Å². The summed E-state index contributed by atoms with van der Waals surface area (Å²) >= 11 is 5.03. The van der Waals surface area contributed by atoms with Gasteiger partial charge in [0.05, 0.1) is 17.5 Å². The summed E-state index contributed by atoms with van der Waals surface area (Å²) in [7, 11) is -3.46. The van der Waals surface area contributed by atoms with Gasteiger partial charge in [-0.1, -0.05) is 19.1 Å². The largest absolute Gasteiger partial charge is 0.393 e. The number of aromatic amines is 1. The van der Waals surface area contributed by atoms with Crippen LogP contribution in [-0.2, 0) is 10.0 Å². The summed E-state index contributed by atoms with van der Waals surface area (Å²) in [5.41, 5.74) is 5.46. The molecule has 1 aromatic heterocycles. The third kappa shape index (κ3) is 2.27. The molecule has 6 nitrogen and oxygen atoms in total. The van der Waals surface area contributed by atoms with Crippen molar-refractivity contribution in [2.24, 2.45) is 11.1 Å². The molecule has 1 saturated heterocycles. The van der Waals surface area contributed by atoms with Crippen LogP contribution in [0.1, 0.15) is 19.8 Å². The van der Waals surface area contributed by atoms with Crippen LogP contribution in [0.25, 0.3) is 0 Å². The number of hydrogen-bond donors (Lipinski definition) is 2. The molecule has 0 radical (unpaired) electrons. The van der Waals surface area contributed by atoms with Gasteiger partial charge in [-0.05, 0) is 12.8 Å². The number of H-pyrrole nitrogens is 1. The Morgan fingerprint density at radius 2 is 2.17 bits per heavy atom. The highest BCUT2D eigenvalue weighted by Crippen LogP contribution is 2.33. The summed E-state index contributed by atoms with van der Waals surface area (Å²) in [6.45, 7) is 2.83. The van der Waals surface area contributed by atoms with Gasteiger partial charge in [0, 0.05) is 18.5 Å². The molecule has 1 aliphatic rings. The van der Waals surface area contributed by atoms with Crippen LogP contribution in [0, 0.1) is 5.41 Å². The van der Waals surface area contributed by atoms with E-state index in [1.807, 2.05) is 6.92 Å². The van der Waals surface area contributed by atoms with Gasteiger partial charge in [0.15, 0.2) is 5.03 Å². The van der Waals surface area contributed by atoms with E-state index in [0.29, 0.717) is 30.9 Å². The Bertz CT molecular complexity index is 530. The molecule has 100 valence electrons. The predicted molar refractivity (Wildman–Crippen MR) is 71.5 cm³/mol. The summed E-state index contributed by atoms with van der Waals surface area (Å²) in [6, 6.07) is 0. The van der Waals surface area contributed by atoms with Gasteiger partial charge < -0.3 is 10.7 Å². The monoisotopic (exact) mass is 288 g/mol. The Kier molecular flexibility index (Phi) is 3.43. The minimum atomic E-state index is -3.46. The van der Waals surface area contributed by atoms with Gasteiger partial charge in [0.1, 0.15) is 0 Å².